The lowest BCUT2D eigenvalue weighted by Gasteiger charge is -2.27. The maximum atomic E-state index is 12.2. The van der Waals surface area contributed by atoms with Gasteiger partial charge in [0.1, 0.15) is 5.41 Å². The molecule has 0 aromatic rings. The second-order valence-corrected chi connectivity index (χ2v) is 5.90. The van der Waals surface area contributed by atoms with Crippen molar-refractivity contribution >= 4 is 23.5 Å². The second-order valence-electron chi connectivity index (χ2n) is 4.99. The average molecular weight is 275 g/mol. The Labute approximate surface area is 114 Å². The van der Waals surface area contributed by atoms with Crippen LogP contribution in [0, 0.1) is 5.41 Å². The lowest BCUT2D eigenvalue weighted by Crippen LogP contribution is -2.44. The summed E-state index contributed by atoms with van der Waals surface area (Å²) in [6.45, 7) is 7.63. The van der Waals surface area contributed by atoms with Gasteiger partial charge in [0.05, 0.1) is 13.2 Å². The molecule has 0 spiro atoms. The standard InChI is InChI=1S/C13H25NO3S/c1-7-17-12(16)13(3,4)11(15)8-14(5)10(2)9-18-6/h10H,7-9H2,1-6H3. The zero-order valence-corrected chi connectivity index (χ0v) is 13.1. The molecule has 0 aliphatic rings. The molecule has 0 aliphatic heterocycles. The minimum Gasteiger partial charge on any atom is -0.465 e. The fourth-order valence-electron chi connectivity index (χ4n) is 1.37. The van der Waals surface area contributed by atoms with Gasteiger partial charge in [-0.25, -0.2) is 0 Å². The molecule has 106 valence electrons. The first-order valence-corrected chi connectivity index (χ1v) is 7.56. The van der Waals surface area contributed by atoms with Crippen LogP contribution in [0.25, 0.3) is 0 Å². The molecule has 0 aromatic heterocycles. The highest BCUT2D eigenvalue weighted by atomic mass is 32.2. The van der Waals surface area contributed by atoms with E-state index in [1.54, 1.807) is 32.5 Å². The summed E-state index contributed by atoms with van der Waals surface area (Å²) in [5, 5.41) is 0. The van der Waals surface area contributed by atoms with Gasteiger partial charge in [-0.05, 0) is 41.0 Å². The maximum absolute atomic E-state index is 12.2. The Morgan fingerprint density at radius 2 is 1.94 bits per heavy atom. The van der Waals surface area contributed by atoms with E-state index in [0.29, 0.717) is 12.6 Å². The molecule has 0 bridgehead atoms. The molecule has 4 nitrogen and oxygen atoms in total. The van der Waals surface area contributed by atoms with Gasteiger partial charge in [0.2, 0.25) is 0 Å². The molecule has 0 saturated carbocycles. The number of esters is 1. The van der Waals surface area contributed by atoms with Gasteiger partial charge in [0.25, 0.3) is 0 Å². The van der Waals surface area contributed by atoms with Crippen LogP contribution in [-0.2, 0) is 14.3 Å². The smallest absolute Gasteiger partial charge is 0.319 e. The van der Waals surface area contributed by atoms with Gasteiger partial charge >= 0.3 is 5.97 Å². The minimum atomic E-state index is -1.07. The van der Waals surface area contributed by atoms with Crippen molar-refractivity contribution in [1.29, 1.82) is 0 Å². The van der Waals surface area contributed by atoms with E-state index in [1.165, 1.54) is 0 Å². The molecule has 0 radical (unpaired) electrons. The number of carbonyl (C=O) groups is 2. The van der Waals surface area contributed by atoms with Crippen molar-refractivity contribution in [2.45, 2.75) is 33.7 Å². The number of likely N-dealkylation sites (N-methyl/N-ethyl adjacent to an activating group) is 1. The molecule has 1 atom stereocenters. The number of nitrogens with zero attached hydrogens (tertiary/aromatic N) is 1. The van der Waals surface area contributed by atoms with E-state index >= 15 is 0 Å². The molecule has 0 N–H and O–H groups in total. The second kappa shape index (κ2) is 7.79. The Morgan fingerprint density at radius 3 is 2.39 bits per heavy atom. The largest absolute Gasteiger partial charge is 0.465 e. The summed E-state index contributed by atoms with van der Waals surface area (Å²) in [5.74, 6) is 0.418. The van der Waals surface area contributed by atoms with Crippen LogP contribution in [0.2, 0.25) is 0 Å². The van der Waals surface area contributed by atoms with Gasteiger partial charge in [-0.15, -0.1) is 0 Å². The lowest BCUT2D eigenvalue weighted by molar-refractivity contribution is -0.158. The molecule has 0 saturated heterocycles. The van der Waals surface area contributed by atoms with E-state index in [0.717, 1.165) is 5.75 Å². The molecule has 18 heavy (non-hydrogen) atoms. The Bertz CT molecular complexity index is 292. The lowest BCUT2D eigenvalue weighted by atomic mass is 9.87. The summed E-state index contributed by atoms with van der Waals surface area (Å²) in [4.78, 5) is 25.8. The van der Waals surface area contributed by atoms with Gasteiger partial charge in [-0.3, -0.25) is 14.5 Å². The van der Waals surface area contributed by atoms with Crippen molar-refractivity contribution in [3.05, 3.63) is 0 Å². The molecular weight excluding hydrogens is 250 g/mol. The third kappa shape index (κ3) is 4.98. The topological polar surface area (TPSA) is 46.6 Å². The monoisotopic (exact) mass is 275 g/mol. The Morgan fingerprint density at radius 1 is 1.39 bits per heavy atom. The molecule has 0 aliphatic carbocycles. The van der Waals surface area contributed by atoms with E-state index < -0.39 is 11.4 Å². The zero-order chi connectivity index (χ0) is 14.3. The number of Topliss-reactive ketones (excluding diaryl/α,β-unsaturated/α-hetero) is 1. The summed E-state index contributed by atoms with van der Waals surface area (Å²) in [7, 11) is 1.90. The number of thioether (sulfide) groups is 1. The molecule has 0 amide bonds. The molecule has 5 heteroatoms. The van der Waals surface area contributed by atoms with Crippen LogP contribution in [0.1, 0.15) is 27.7 Å². The summed E-state index contributed by atoms with van der Waals surface area (Å²) in [5.41, 5.74) is -1.07. The van der Waals surface area contributed by atoms with Crippen molar-refractivity contribution in [3.63, 3.8) is 0 Å². The summed E-state index contributed by atoms with van der Waals surface area (Å²) < 4.78 is 4.93. The average Bonchev–Trinajstić information content (AvgIpc) is 2.29. The maximum Gasteiger partial charge on any atom is 0.319 e. The first kappa shape index (κ1) is 17.4. The van der Waals surface area contributed by atoms with E-state index in [2.05, 4.69) is 6.92 Å². The highest BCUT2D eigenvalue weighted by molar-refractivity contribution is 7.98. The van der Waals surface area contributed by atoms with Gasteiger partial charge < -0.3 is 4.74 Å². The number of hydrogen-bond acceptors (Lipinski definition) is 5. The SMILES string of the molecule is CCOC(=O)C(C)(C)C(=O)CN(C)C(C)CSC. The number of rotatable bonds is 8. The number of hydrogen-bond donors (Lipinski definition) is 0. The highest BCUT2D eigenvalue weighted by Crippen LogP contribution is 2.20. The summed E-state index contributed by atoms with van der Waals surface area (Å²) >= 11 is 1.74. The number of ketones is 1. The molecule has 0 heterocycles. The minimum absolute atomic E-state index is 0.101. The van der Waals surface area contributed by atoms with E-state index in [1.807, 2.05) is 18.2 Å². The quantitative estimate of drug-likeness (QED) is 0.499. The predicted octanol–water partition coefficient (Wildman–Crippen LogP) is 1.83. The molecule has 0 rings (SSSR count). The van der Waals surface area contributed by atoms with Crippen LogP contribution >= 0.6 is 11.8 Å². The Hall–Kier alpha value is -0.550. The predicted molar refractivity (Wildman–Crippen MR) is 75.9 cm³/mol. The normalized spacial score (nSPS) is 13.5. The summed E-state index contributed by atoms with van der Waals surface area (Å²) in [6.07, 6.45) is 2.04. The number of carbonyl (C=O) groups excluding carboxylic acids is 2. The van der Waals surface area contributed by atoms with E-state index in [4.69, 9.17) is 4.74 Å². The first-order valence-electron chi connectivity index (χ1n) is 6.17. The Balaban J connectivity index is 4.51. The molecule has 1 unspecified atom stereocenters. The van der Waals surface area contributed by atoms with Crippen LogP contribution in [0.15, 0.2) is 0 Å². The van der Waals surface area contributed by atoms with Gasteiger partial charge in [-0.2, -0.15) is 11.8 Å². The highest BCUT2D eigenvalue weighted by Gasteiger charge is 2.37. The van der Waals surface area contributed by atoms with Crippen molar-refractivity contribution in [1.82, 2.24) is 4.90 Å². The van der Waals surface area contributed by atoms with Gasteiger partial charge in [-0.1, -0.05) is 0 Å². The van der Waals surface area contributed by atoms with Gasteiger partial charge in [0, 0.05) is 11.8 Å². The van der Waals surface area contributed by atoms with Gasteiger partial charge in [0.15, 0.2) is 5.78 Å². The molecule has 0 fully saturated rings. The van der Waals surface area contributed by atoms with Crippen LogP contribution in [-0.4, -0.2) is 54.9 Å². The molecule has 0 aromatic carbocycles. The van der Waals surface area contributed by atoms with Crippen LogP contribution in [0.4, 0.5) is 0 Å². The van der Waals surface area contributed by atoms with Crippen molar-refractivity contribution in [2.24, 2.45) is 5.41 Å². The van der Waals surface area contributed by atoms with E-state index in [-0.39, 0.29) is 12.3 Å². The summed E-state index contributed by atoms with van der Waals surface area (Å²) in [6, 6.07) is 0.307. The third-order valence-electron chi connectivity index (χ3n) is 3.04. The van der Waals surface area contributed by atoms with Crippen molar-refractivity contribution in [3.8, 4) is 0 Å². The van der Waals surface area contributed by atoms with Crippen LogP contribution in [0.3, 0.4) is 0 Å². The fraction of sp³-hybridized carbons (Fsp3) is 0.846. The van der Waals surface area contributed by atoms with Crippen molar-refractivity contribution < 1.29 is 14.3 Å². The Kier molecular flexibility index (Phi) is 7.55. The fourth-order valence-corrected chi connectivity index (χ4v) is 2.11. The van der Waals surface area contributed by atoms with Crippen LogP contribution < -0.4 is 0 Å². The van der Waals surface area contributed by atoms with Crippen LogP contribution in [0.5, 0.6) is 0 Å². The third-order valence-corrected chi connectivity index (χ3v) is 3.85. The first-order chi connectivity index (χ1) is 8.27. The molecular formula is C13H25NO3S. The van der Waals surface area contributed by atoms with Crippen molar-refractivity contribution in [2.75, 3.05) is 32.2 Å². The van der Waals surface area contributed by atoms with E-state index in [9.17, 15) is 9.59 Å². The number of ether oxygens (including phenoxy) is 1. The zero-order valence-electron chi connectivity index (χ0n) is 12.3.